The SMILES string of the molecule is CC(C)(C)Oc1cc(O)c(OC(C)(C)C)c(OC(C)(C)C)c1Oc1c(OC(C)(C)C)cc(O)c(OC(C)(C)C)c1OC(C)(C)C. The summed E-state index contributed by atoms with van der Waals surface area (Å²) in [6.07, 6.45) is 0. The first-order chi connectivity index (χ1) is 19.8. The maximum absolute atomic E-state index is 11.3. The monoisotopic (exact) mass is 634 g/mol. The summed E-state index contributed by atoms with van der Waals surface area (Å²) in [6, 6.07) is 2.89. The lowest BCUT2D eigenvalue weighted by atomic mass is 10.1. The first-order valence-corrected chi connectivity index (χ1v) is 15.5. The van der Waals surface area contributed by atoms with E-state index < -0.39 is 33.6 Å². The second-order valence-electron chi connectivity index (χ2n) is 17.2. The van der Waals surface area contributed by atoms with Gasteiger partial charge < -0.3 is 43.4 Å². The van der Waals surface area contributed by atoms with Crippen molar-refractivity contribution in [2.75, 3.05) is 0 Å². The lowest BCUT2D eigenvalue weighted by molar-refractivity contribution is 0.0789. The second kappa shape index (κ2) is 12.4. The Morgan fingerprint density at radius 3 is 0.778 bits per heavy atom. The Labute approximate surface area is 271 Å². The summed E-state index contributed by atoms with van der Waals surface area (Å²) < 4.78 is 45.0. The lowest BCUT2D eigenvalue weighted by Crippen LogP contribution is -2.28. The van der Waals surface area contributed by atoms with Gasteiger partial charge >= 0.3 is 0 Å². The van der Waals surface area contributed by atoms with Gasteiger partial charge in [-0.3, -0.25) is 0 Å². The van der Waals surface area contributed by atoms with E-state index in [4.69, 9.17) is 33.2 Å². The summed E-state index contributed by atoms with van der Waals surface area (Å²) in [4.78, 5) is 0. The third kappa shape index (κ3) is 12.2. The van der Waals surface area contributed by atoms with Crippen molar-refractivity contribution in [3.63, 3.8) is 0 Å². The quantitative estimate of drug-likeness (QED) is 0.293. The first kappa shape index (κ1) is 37.8. The van der Waals surface area contributed by atoms with Crippen molar-refractivity contribution < 1.29 is 43.4 Å². The highest BCUT2D eigenvalue weighted by Gasteiger charge is 2.36. The zero-order valence-electron chi connectivity index (χ0n) is 30.9. The second-order valence-corrected chi connectivity index (χ2v) is 17.2. The summed E-state index contributed by atoms with van der Waals surface area (Å²) in [7, 11) is 0. The van der Waals surface area contributed by atoms with Gasteiger partial charge in [-0.2, -0.15) is 0 Å². The summed E-state index contributed by atoms with van der Waals surface area (Å²) in [5.74, 6) is 0.628. The molecule has 2 aromatic rings. The summed E-state index contributed by atoms with van der Waals surface area (Å²) >= 11 is 0. The zero-order valence-corrected chi connectivity index (χ0v) is 30.9. The molecule has 0 radical (unpaired) electrons. The number of phenolic OH excluding ortho intramolecular Hbond substituents is 2. The highest BCUT2D eigenvalue weighted by Crippen LogP contribution is 2.59. The van der Waals surface area contributed by atoms with Crippen molar-refractivity contribution in [3.8, 4) is 57.5 Å². The molecule has 0 heterocycles. The van der Waals surface area contributed by atoms with Gasteiger partial charge in [-0.05, 0) is 125 Å². The van der Waals surface area contributed by atoms with Crippen molar-refractivity contribution in [1.29, 1.82) is 0 Å². The molecule has 0 saturated carbocycles. The lowest BCUT2D eigenvalue weighted by Gasteiger charge is -2.33. The fourth-order valence-electron chi connectivity index (χ4n) is 3.89. The molecule has 0 saturated heterocycles. The van der Waals surface area contributed by atoms with Crippen LogP contribution in [0.3, 0.4) is 0 Å². The van der Waals surface area contributed by atoms with Gasteiger partial charge in [-0.1, -0.05) is 0 Å². The van der Waals surface area contributed by atoms with E-state index >= 15 is 0 Å². The molecule has 0 spiro atoms. The third-order valence-corrected chi connectivity index (χ3v) is 4.94. The molecule has 0 fully saturated rings. The fraction of sp³-hybridized carbons (Fsp3) is 0.667. The van der Waals surface area contributed by atoms with Crippen LogP contribution in [0.4, 0.5) is 0 Å². The predicted octanol–water partition coefficient (Wildman–Crippen LogP) is 9.95. The Morgan fingerprint density at radius 1 is 0.333 bits per heavy atom. The van der Waals surface area contributed by atoms with Crippen molar-refractivity contribution >= 4 is 0 Å². The van der Waals surface area contributed by atoms with Crippen LogP contribution in [0.5, 0.6) is 57.5 Å². The van der Waals surface area contributed by atoms with Crippen LogP contribution in [-0.2, 0) is 0 Å². The highest BCUT2D eigenvalue weighted by molar-refractivity contribution is 5.71. The van der Waals surface area contributed by atoms with E-state index in [-0.39, 0.29) is 57.5 Å². The van der Waals surface area contributed by atoms with Gasteiger partial charge in [-0.25, -0.2) is 0 Å². The standard InChI is InChI=1S/C36H58O9/c1-31(2,3)40-23-19-21(37)25(42-33(7,8)9)29(44-35(13,14)15)27(23)39-28-24(41-32(4,5)6)20-22(38)26(43-34(10,11)12)30(28)45-36(16,17)18/h19-20,37-38H,1-18H3. The van der Waals surface area contributed by atoms with Crippen molar-refractivity contribution in [2.24, 2.45) is 0 Å². The summed E-state index contributed by atoms with van der Waals surface area (Å²) in [5, 5.41) is 22.6. The highest BCUT2D eigenvalue weighted by atomic mass is 16.6. The van der Waals surface area contributed by atoms with E-state index in [1.54, 1.807) is 0 Å². The van der Waals surface area contributed by atoms with Gasteiger partial charge in [0.05, 0.1) is 0 Å². The molecule has 0 unspecified atom stereocenters. The number of phenols is 2. The van der Waals surface area contributed by atoms with Crippen LogP contribution in [0.25, 0.3) is 0 Å². The third-order valence-electron chi connectivity index (χ3n) is 4.94. The van der Waals surface area contributed by atoms with Crippen LogP contribution in [0.2, 0.25) is 0 Å². The molecule has 2 N–H and O–H groups in total. The Hall–Kier alpha value is -3.36. The van der Waals surface area contributed by atoms with Crippen molar-refractivity contribution in [2.45, 2.75) is 158 Å². The molecule has 9 heteroatoms. The predicted molar refractivity (Wildman–Crippen MR) is 179 cm³/mol. The van der Waals surface area contributed by atoms with E-state index in [2.05, 4.69) is 0 Å². The molecule has 0 aliphatic rings. The van der Waals surface area contributed by atoms with Crippen LogP contribution in [-0.4, -0.2) is 43.8 Å². The molecule has 0 aliphatic carbocycles. The average molecular weight is 635 g/mol. The Kier molecular flexibility index (Phi) is 10.5. The maximum atomic E-state index is 11.3. The smallest absolute Gasteiger partial charge is 0.215 e. The largest absolute Gasteiger partial charge is 0.504 e. The summed E-state index contributed by atoms with van der Waals surface area (Å²) in [6.45, 7) is 33.8. The van der Waals surface area contributed by atoms with Gasteiger partial charge in [-0.15, -0.1) is 0 Å². The molecule has 0 amide bonds. The first-order valence-electron chi connectivity index (χ1n) is 15.5. The van der Waals surface area contributed by atoms with Crippen molar-refractivity contribution in [3.05, 3.63) is 12.1 Å². The van der Waals surface area contributed by atoms with Gasteiger partial charge in [0.15, 0.2) is 23.0 Å². The van der Waals surface area contributed by atoms with Crippen LogP contribution in [0.1, 0.15) is 125 Å². The fourth-order valence-corrected chi connectivity index (χ4v) is 3.89. The minimum atomic E-state index is -0.744. The number of rotatable bonds is 8. The normalized spacial score (nSPS) is 13.3. The topological polar surface area (TPSA) is 105 Å². The van der Waals surface area contributed by atoms with Gasteiger partial charge in [0, 0.05) is 12.1 Å². The number of benzene rings is 2. The van der Waals surface area contributed by atoms with Gasteiger partial charge in [0.25, 0.3) is 0 Å². The van der Waals surface area contributed by atoms with Crippen LogP contribution in [0.15, 0.2) is 12.1 Å². The molecule has 9 nitrogen and oxygen atoms in total. The molecule has 0 aromatic heterocycles. The average Bonchev–Trinajstić information content (AvgIpc) is 2.72. The molecule has 0 bridgehead atoms. The van der Waals surface area contributed by atoms with Gasteiger partial charge in [0.2, 0.25) is 34.5 Å². The number of ether oxygens (including phenoxy) is 7. The number of hydrogen-bond acceptors (Lipinski definition) is 9. The minimum Gasteiger partial charge on any atom is -0.504 e. The molecule has 2 aromatic carbocycles. The maximum Gasteiger partial charge on any atom is 0.215 e. The minimum absolute atomic E-state index is 0.0789. The molecule has 45 heavy (non-hydrogen) atoms. The van der Waals surface area contributed by atoms with E-state index in [1.807, 2.05) is 125 Å². The molecule has 0 atom stereocenters. The summed E-state index contributed by atoms with van der Waals surface area (Å²) in [5.41, 5.74) is -4.28. The molecular weight excluding hydrogens is 576 g/mol. The molecule has 256 valence electrons. The Bertz CT molecular complexity index is 1230. The van der Waals surface area contributed by atoms with Crippen LogP contribution < -0.4 is 33.2 Å². The Balaban J connectivity index is 3.19. The van der Waals surface area contributed by atoms with E-state index in [0.29, 0.717) is 0 Å². The van der Waals surface area contributed by atoms with E-state index in [1.165, 1.54) is 12.1 Å². The zero-order chi connectivity index (χ0) is 35.1. The number of aromatic hydroxyl groups is 2. The molecule has 0 aliphatic heterocycles. The van der Waals surface area contributed by atoms with E-state index in [9.17, 15) is 10.2 Å². The number of hydrogen-bond donors (Lipinski definition) is 2. The van der Waals surface area contributed by atoms with E-state index in [0.717, 1.165) is 0 Å². The Morgan fingerprint density at radius 2 is 0.556 bits per heavy atom. The molecule has 2 rings (SSSR count). The van der Waals surface area contributed by atoms with Crippen LogP contribution in [0, 0.1) is 0 Å². The molecular formula is C36H58O9. The van der Waals surface area contributed by atoms with Crippen molar-refractivity contribution in [1.82, 2.24) is 0 Å². The van der Waals surface area contributed by atoms with Crippen LogP contribution >= 0.6 is 0 Å². The van der Waals surface area contributed by atoms with Gasteiger partial charge in [0.1, 0.15) is 33.6 Å².